The van der Waals surface area contributed by atoms with E-state index in [9.17, 15) is 0 Å². The van der Waals surface area contributed by atoms with Gasteiger partial charge in [-0.25, -0.2) is 0 Å². The number of rotatable bonds is 5. The number of piperidine rings is 1. The highest BCUT2D eigenvalue weighted by Crippen LogP contribution is 2.34. The van der Waals surface area contributed by atoms with Crippen LogP contribution in [0.3, 0.4) is 0 Å². The number of hydrogen-bond donors (Lipinski definition) is 1. The van der Waals surface area contributed by atoms with E-state index in [1.165, 1.54) is 45.2 Å². The van der Waals surface area contributed by atoms with Crippen molar-refractivity contribution in [2.45, 2.75) is 58.9 Å². The first kappa shape index (κ1) is 13.0. The zero-order chi connectivity index (χ0) is 11.3. The van der Waals surface area contributed by atoms with E-state index in [1.807, 2.05) is 0 Å². The molecule has 1 rings (SSSR count). The van der Waals surface area contributed by atoms with Crippen molar-refractivity contribution in [1.29, 1.82) is 0 Å². The van der Waals surface area contributed by atoms with Crippen LogP contribution in [0.5, 0.6) is 0 Å². The highest BCUT2D eigenvalue weighted by molar-refractivity contribution is 4.83. The van der Waals surface area contributed by atoms with Gasteiger partial charge in [0, 0.05) is 6.04 Å². The lowest BCUT2D eigenvalue weighted by molar-refractivity contribution is 0.0829. The molecule has 1 saturated heterocycles. The Balaban J connectivity index is 2.30. The largest absolute Gasteiger partial charge is 0.330 e. The second kappa shape index (κ2) is 5.86. The fraction of sp³-hybridized carbons (Fsp3) is 1.00. The van der Waals surface area contributed by atoms with Crippen LogP contribution in [0.1, 0.15) is 52.9 Å². The minimum absolute atomic E-state index is 0.615. The summed E-state index contributed by atoms with van der Waals surface area (Å²) in [6.45, 7) is 10.5. The van der Waals surface area contributed by atoms with Gasteiger partial charge in [0.25, 0.3) is 0 Å². The van der Waals surface area contributed by atoms with Crippen LogP contribution >= 0.6 is 0 Å². The first-order valence-corrected chi connectivity index (χ1v) is 6.55. The van der Waals surface area contributed by atoms with Crippen molar-refractivity contribution in [2.24, 2.45) is 11.1 Å². The molecule has 1 aliphatic heterocycles. The average molecular weight is 212 g/mol. The van der Waals surface area contributed by atoms with Crippen molar-refractivity contribution in [2.75, 3.05) is 19.6 Å². The molecule has 90 valence electrons. The first-order valence-electron chi connectivity index (χ1n) is 6.55. The van der Waals surface area contributed by atoms with Crippen LogP contribution in [-0.4, -0.2) is 30.6 Å². The minimum atomic E-state index is 0.615. The van der Waals surface area contributed by atoms with Crippen molar-refractivity contribution in [3.8, 4) is 0 Å². The van der Waals surface area contributed by atoms with Crippen molar-refractivity contribution in [1.82, 2.24) is 4.90 Å². The predicted molar refractivity (Wildman–Crippen MR) is 67.0 cm³/mol. The molecule has 0 aromatic carbocycles. The Kier molecular flexibility index (Phi) is 5.07. The Labute approximate surface area is 95.2 Å². The zero-order valence-corrected chi connectivity index (χ0v) is 10.8. The normalized spacial score (nSPS) is 24.0. The summed E-state index contributed by atoms with van der Waals surface area (Å²) in [5.74, 6) is 0. The molecule has 15 heavy (non-hydrogen) atoms. The summed E-state index contributed by atoms with van der Waals surface area (Å²) >= 11 is 0. The quantitative estimate of drug-likeness (QED) is 0.759. The molecule has 0 spiro atoms. The second-order valence-corrected chi connectivity index (χ2v) is 5.48. The van der Waals surface area contributed by atoms with Crippen LogP contribution in [0.2, 0.25) is 0 Å². The molecule has 0 amide bonds. The number of hydrogen-bond acceptors (Lipinski definition) is 2. The molecule has 0 aromatic rings. The van der Waals surface area contributed by atoms with Gasteiger partial charge >= 0.3 is 0 Å². The maximum absolute atomic E-state index is 5.55. The lowest BCUT2D eigenvalue weighted by Crippen LogP contribution is -2.43. The van der Waals surface area contributed by atoms with Crippen LogP contribution in [0.4, 0.5) is 0 Å². The van der Waals surface area contributed by atoms with Crippen molar-refractivity contribution in [3.63, 3.8) is 0 Å². The molecule has 1 unspecified atom stereocenters. The summed E-state index contributed by atoms with van der Waals surface area (Å²) in [5.41, 5.74) is 6.17. The van der Waals surface area contributed by atoms with Crippen LogP contribution < -0.4 is 5.73 Å². The summed E-state index contributed by atoms with van der Waals surface area (Å²) in [5, 5.41) is 0. The molecule has 1 aliphatic rings. The molecule has 0 bridgehead atoms. The van der Waals surface area contributed by atoms with Crippen LogP contribution in [0.25, 0.3) is 0 Å². The van der Waals surface area contributed by atoms with E-state index in [0.717, 1.165) is 12.6 Å². The molecule has 1 heterocycles. The Morgan fingerprint density at radius 2 is 1.93 bits per heavy atom. The Morgan fingerprint density at radius 3 is 2.40 bits per heavy atom. The van der Waals surface area contributed by atoms with Crippen LogP contribution in [-0.2, 0) is 0 Å². The average Bonchev–Trinajstić information content (AvgIpc) is 2.27. The van der Waals surface area contributed by atoms with Crippen LogP contribution in [0, 0.1) is 5.41 Å². The van der Waals surface area contributed by atoms with E-state index in [-0.39, 0.29) is 0 Å². The molecule has 0 aromatic heterocycles. The summed E-state index contributed by atoms with van der Waals surface area (Å²) in [6.07, 6.45) is 6.51. The van der Waals surface area contributed by atoms with Gasteiger partial charge in [0.05, 0.1) is 0 Å². The fourth-order valence-corrected chi connectivity index (χ4v) is 2.45. The monoisotopic (exact) mass is 212 g/mol. The topological polar surface area (TPSA) is 29.3 Å². The van der Waals surface area contributed by atoms with E-state index in [1.54, 1.807) is 0 Å². The second-order valence-electron chi connectivity index (χ2n) is 5.48. The first-order chi connectivity index (χ1) is 7.11. The number of likely N-dealkylation sites (tertiary alicyclic amines) is 1. The third-order valence-corrected chi connectivity index (χ3v) is 4.31. The predicted octanol–water partition coefficient (Wildman–Crippen LogP) is 2.63. The van der Waals surface area contributed by atoms with E-state index in [4.69, 9.17) is 5.73 Å². The van der Waals surface area contributed by atoms with Crippen molar-refractivity contribution in [3.05, 3.63) is 0 Å². The maximum Gasteiger partial charge on any atom is 0.00674 e. The lowest BCUT2D eigenvalue weighted by Gasteiger charge is -2.41. The summed E-state index contributed by atoms with van der Waals surface area (Å²) in [6, 6.07) is 0.731. The summed E-state index contributed by atoms with van der Waals surface area (Å²) < 4.78 is 0. The Hall–Kier alpha value is -0.0800. The highest BCUT2D eigenvalue weighted by atomic mass is 15.2. The SMILES string of the molecule is CCC1(C)CCN(C(C)CCCN)CC1. The number of nitrogens with zero attached hydrogens (tertiary/aromatic N) is 1. The van der Waals surface area contributed by atoms with Gasteiger partial charge in [-0.15, -0.1) is 0 Å². The smallest absolute Gasteiger partial charge is 0.00674 e. The molecule has 0 aliphatic carbocycles. The molecular weight excluding hydrogens is 184 g/mol. The van der Waals surface area contributed by atoms with Gasteiger partial charge in [-0.05, 0) is 57.7 Å². The van der Waals surface area contributed by atoms with Gasteiger partial charge < -0.3 is 10.6 Å². The Bertz CT molecular complexity index is 171. The molecule has 2 N–H and O–H groups in total. The molecule has 1 fully saturated rings. The van der Waals surface area contributed by atoms with E-state index in [0.29, 0.717) is 5.41 Å². The van der Waals surface area contributed by atoms with Gasteiger partial charge in [-0.2, -0.15) is 0 Å². The van der Waals surface area contributed by atoms with E-state index < -0.39 is 0 Å². The molecule has 0 radical (unpaired) electrons. The molecule has 2 heteroatoms. The van der Waals surface area contributed by atoms with Crippen molar-refractivity contribution < 1.29 is 0 Å². The van der Waals surface area contributed by atoms with Gasteiger partial charge in [-0.3, -0.25) is 0 Å². The third kappa shape index (κ3) is 3.76. The number of nitrogens with two attached hydrogens (primary N) is 1. The molecule has 2 nitrogen and oxygen atoms in total. The van der Waals surface area contributed by atoms with E-state index >= 15 is 0 Å². The molecule has 1 atom stereocenters. The standard InChI is InChI=1S/C13H28N2/c1-4-13(3)7-10-15(11-8-13)12(2)6-5-9-14/h12H,4-11,14H2,1-3H3. The van der Waals surface area contributed by atoms with E-state index in [2.05, 4.69) is 25.7 Å². The van der Waals surface area contributed by atoms with Gasteiger partial charge in [0.15, 0.2) is 0 Å². The fourth-order valence-electron chi connectivity index (χ4n) is 2.45. The highest BCUT2D eigenvalue weighted by Gasteiger charge is 2.29. The summed E-state index contributed by atoms with van der Waals surface area (Å²) in [7, 11) is 0. The minimum Gasteiger partial charge on any atom is -0.330 e. The third-order valence-electron chi connectivity index (χ3n) is 4.31. The maximum atomic E-state index is 5.55. The lowest BCUT2D eigenvalue weighted by atomic mass is 9.78. The van der Waals surface area contributed by atoms with Gasteiger partial charge in [0.2, 0.25) is 0 Å². The zero-order valence-electron chi connectivity index (χ0n) is 10.8. The van der Waals surface area contributed by atoms with Gasteiger partial charge in [0.1, 0.15) is 0 Å². The van der Waals surface area contributed by atoms with Gasteiger partial charge in [-0.1, -0.05) is 20.3 Å². The van der Waals surface area contributed by atoms with Crippen LogP contribution in [0.15, 0.2) is 0 Å². The van der Waals surface area contributed by atoms with Crippen molar-refractivity contribution >= 4 is 0 Å². The molecular formula is C13H28N2. The summed E-state index contributed by atoms with van der Waals surface area (Å²) in [4.78, 5) is 2.65. The Morgan fingerprint density at radius 1 is 1.33 bits per heavy atom. The molecule has 0 saturated carbocycles.